The third-order valence-corrected chi connectivity index (χ3v) is 12.3. The van der Waals surface area contributed by atoms with Crippen LogP contribution in [0.25, 0.3) is 0 Å². The molecule has 2 aliphatic carbocycles. The summed E-state index contributed by atoms with van der Waals surface area (Å²) in [7, 11) is 0. The van der Waals surface area contributed by atoms with Gasteiger partial charge in [-0.25, -0.2) is 0 Å². The summed E-state index contributed by atoms with van der Waals surface area (Å²) in [5.74, 6) is -0.0685. The first-order valence-corrected chi connectivity index (χ1v) is 23.1. The topological polar surface area (TPSA) is 148 Å². The number of ether oxygens (including phenoxy) is 6. The number of benzene rings is 6. The van der Waals surface area contributed by atoms with Gasteiger partial charge in [-0.1, -0.05) is 182 Å². The summed E-state index contributed by atoms with van der Waals surface area (Å²) < 4.78 is 37.5. The molecule has 0 unspecified atom stereocenters. The van der Waals surface area contributed by atoms with Gasteiger partial charge >= 0.3 is 0 Å². The molecule has 0 aromatic heterocycles. The fourth-order valence-corrected chi connectivity index (χ4v) is 8.69. The highest BCUT2D eigenvalue weighted by molar-refractivity contribution is 5.18. The largest absolute Gasteiger partial charge is 0.391 e. The van der Waals surface area contributed by atoms with Gasteiger partial charge < -0.3 is 50.1 Å². The van der Waals surface area contributed by atoms with Crippen LogP contribution in [0, 0.1) is 11.8 Å². The molecule has 2 saturated carbocycles. The van der Waals surface area contributed by atoms with Crippen molar-refractivity contribution in [2.24, 2.45) is 23.3 Å². The summed E-state index contributed by atoms with van der Waals surface area (Å²) in [6, 6.07) is 59.2. The summed E-state index contributed by atoms with van der Waals surface area (Å²) in [5, 5.41) is 21.4. The van der Waals surface area contributed by atoms with Crippen LogP contribution in [-0.4, -0.2) is 72.1 Å². The molecule has 66 heavy (non-hydrogen) atoms. The molecule has 10 heteroatoms. The van der Waals surface area contributed by atoms with Crippen LogP contribution < -0.4 is 11.5 Å². The van der Waals surface area contributed by atoms with E-state index in [2.05, 4.69) is 0 Å². The maximum atomic E-state index is 10.7. The van der Waals surface area contributed by atoms with Crippen LogP contribution in [0.1, 0.15) is 46.2 Å². The second-order valence-electron chi connectivity index (χ2n) is 17.3. The van der Waals surface area contributed by atoms with Crippen molar-refractivity contribution in [1.29, 1.82) is 0 Å². The summed E-state index contributed by atoms with van der Waals surface area (Å²) in [4.78, 5) is 0. The van der Waals surface area contributed by atoms with E-state index < -0.39 is 36.5 Å². The fraction of sp³-hybridized carbons (Fsp3) is 0.357. The number of rotatable bonds is 20. The maximum Gasteiger partial charge on any atom is 0.102 e. The van der Waals surface area contributed by atoms with E-state index in [0.717, 1.165) is 33.4 Å². The molecule has 0 heterocycles. The molecule has 2 aliphatic rings. The van der Waals surface area contributed by atoms with Crippen molar-refractivity contribution in [2.45, 2.75) is 101 Å². The van der Waals surface area contributed by atoms with E-state index in [1.165, 1.54) is 0 Å². The molecule has 10 nitrogen and oxygen atoms in total. The number of hydrogen-bond acceptors (Lipinski definition) is 10. The van der Waals surface area contributed by atoms with Crippen molar-refractivity contribution in [3.63, 3.8) is 0 Å². The molecule has 0 radical (unpaired) electrons. The Hall–Kier alpha value is -5.08. The Kier molecular flexibility index (Phi) is 19.5. The zero-order valence-corrected chi connectivity index (χ0v) is 37.7. The number of nitrogens with two attached hydrogens (primary N) is 2. The Bertz CT molecular complexity index is 2030. The minimum Gasteiger partial charge on any atom is -0.391 e. The van der Waals surface area contributed by atoms with E-state index in [9.17, 15) is 10.2 Å². The minimum atomic E-state index is -0.673. The molecule has 0 amide bonds. The van der Waals surface area contributed by atoms with Gasteiger partial charge in [0.2, 0.25) is 0 Å². The number of aliphatic hydroxyl groups excluding tert-OH is 2. The lowest BCUT2D eigenvalue weighted by Crippen LogP contribution is -2.60. The summed E-state index contributed by atoms with van der Waals surface area (Å²) in [6.45, 7) is 3.68. The molecule has 0 aliphatic heterocycles. The first-order valence-electron chi connectivity index (χ1n) is 23.1. The monoisotopic (exact) mass is 894 g/mol. The minimum absolute atomic E-state index is 0.0343. The Morgan fingerprint density at radius 1 is 0.333 bits per heavy atom. The van der Waals surface area contributed by atoms with Gasteiger partial charge in [0.15, 0.2) is 0 Å². The predicted molar refractivity (Wildman–Crippen MR) is 256 cm³/mol. The Labute approximate surface area is 390 Å². The molecule has 8 rings (SSSR count). The van der Waals surface area contributed by atoms with E-state index in [1.807, 2.05) is 182 Å². The highest BCUT2D eigenvalue weighted by Gasteiger charge is 2.45. The van der Waals surface area contributed by atoms with Crippen LogP contribution in [0.5, 0.6) is 0 Å². The highest BCUT2D eigenvalue weighted by atomic mass is 16.6. The average molecular weight is 895 g/mol. The van der Waals surface area contributed by atoms with Crippen molar-refractivity contribution in [3.05, 3.63) is 215 Å². The lowest BCUT2D eigenvalue weighted by atomic mass is 9.79. The zero-order valence-electron chi connectivity index (χ0n) is 37.7. The van der Waals surface area contributed by atoms with Gasteiger partial charge in [-0.3, -0.25) is 0 Å². The third-order valence-electron chi connectivity index (χ3n) is 12.3. The zero-order chi connectivity index (χ0) is 45.8. The van der Waals surface area contributed by atoms with Gasteiger partial charge in [0.1, 0.15) is 12.2 Å². The standard InChI is InChI=1S/2C28H33NO4/c2*29-26-25(30)16-24(20-31-17-21-10-4-1-5-11-21)27(32-18-22-12-6-2-7-13-22)28(26)33-19-23-14-8-3-9-15-23/h2*1-15,24-28,30H,16-20,29H2/t24-,25+,26+,27-,28-;24-,25-,26+,27-,28-/m00/s1. The van der Waals surface area contributed by atoms with Crippen molar-refractivity contribution in [2.75, 3.05) is 13.2 Å². The van der Waals surface area contributed by atoms with Crippen LogP contribution in [-0.2, 0) is 68.1 Å². The van der Waals surface area contributed by atoms with Gasteiger partial charge in [-0.15, -0.1) is 0 Å². The Balaban J connectivity index is 0.000000196. The molecule has 6 aromatic carbocycles. The van der Waals surface area contributed by atoms with E-state index >= 15 is 0 Å². The van der Waals surface area contributed by atoms with E-state index in [1.54, 1.807) is 0 Å². The summed E-state index contributed by atoms with van der Waals surface area (Å²) in [6.07, 6.45) is -1.78. The SMILES string of the molecule is N[C@H]1[C@H](OCc2ccccc2)[C@@H](OCc2ccccc2)[C@H](COCc2ccccc2)C[C@@H]1O.N[C@H]1[C@H](OCc2ccccc2)[C@@H](OCc2ccccc2)[C@H](COCc2ccccc2)C[C@H]1O. The molecule has 6 aromatic rings. The van der Waals surface area contributed by atoms with Crippen LogP contribution in [0.2, 0.25) is 0 Å². The highest BCUT2D eigenvalue weighted by Crippen LogP contribution is 2.33. The van der Waals surface area contributed by atoms with E-state index in [-0.39, 0.29) is 24.0 Å². The van der Waals surface area contributed by atoms with E-state index in [4.69, 9.17) is 39.9 Å². The van der Waals surface area contributed by atoms with Crippen LogP contribution in [0.3, 0.4) is 0 Å². The number of aliphatic hydroxyl groups is 2. The second kappa shape index (κ2) is 26.3. The molecular weight excluding hydrogens is 829 g/mol. The molecule has 348 valence electrons. The molecular formula is C56H66N2O8. The maximum absolute atomic E-state index is 10.7. The van der Waals surface area contributed by atoms with Gasteiger partial charge in [0.05, 0.1) is 89.4 Å². The van der Waals surface area contributed by atoms with Gasteiger partial charge in [-0.05, 0) is 46.2 Å². The van der Waals surface area contributed by atoms with Crippen molar-refractivity contribution >= 4 is 0 Å². The lowest BCUT2D eigenvalue weighted by Gasteiger charge is -2.43. The average Bonchev–Trinajstić information content (AvgIpc) is 3.36. The van der Waals surface area contributed by atoms with Crippen molar-refractivity contribution in [1.82, 2.24) is 0 Å². The van der Waals surface area contributed by atoms with Crippen molar-refractivity contribution in [3.8, 4) is 0 Å². The van der Waals surface area contributed by atoms with Crippen molar-refractivity contribution < 1.29 is 38.6 Å². The molecule has 6 N–H and O–H groups in total. The van der Waals surface area contributed by atoms with Crippen LogP contribution >= 0.6 is 0 Å². The lowest BCUT2D eigenvalue weighted by molar-refractivity contribution is -0.169. The van der Waals surface area contributed by atoms with Gasteiger partial charge in [-0.2, -0.15) is 0 Å². The quantitative estimate of drug-likeness (QED) is 0.0592. The van der Waals surface area contributed by atoms with Crippen LogP contribution in [0.15, 0.2) is 182 Å². The first kappa shape index (κ1) is 48.8. The Morgan fingerprint density at radius 2 is 0.561 bits per heavy atom. The van der Waals surface area contributed by atoms with E-state index in [0.29, 0.717) is 65.7 Å². The number of hydrogen-bond donors (Lipinski definition) is 4. The third kappa shape index (κ3) is 15.0. The van der Waals surface area contributed by atoms with Gasteiger partial charge in [0.25, 0.3) is 0 Å². The normalized spacial score (nSPS) is 25.1. The predicted octanol–water partition coefficient (Wildman–Crippen LogP) is 8.16. The second-order valence-corrected chi connectivity index (χ2v) is 17.3. The van der Waals surface area contributed by atoms with Crippen LogP contribution in [0.4, 0.5) is 0 Å². The smallest absolute Gasteiger partial charge is 0.102 e. The molecule has 0 spiro atoms. The summed E-state index contributed by atoms with van der Waals surface area (Å²) >= 11 is 0. The van der Waals surface area contributed by atoms with Gasteiger partial charge in [0, 0.05) is 11.8 Å². The molecule has 10 atom stereocenters. The molecule has 0 saturated heterocycles. The Morgan fingerprint density at radius 3 is 0.818 bits per heavy atom. The molecule has 0 bridgehead atoms. The molecule has 2 fully saturated rings. The first-order chi connectivity index (χ1) is 32.4. The fourth-order valence-electron chi connectivity index (χ4n) is 8.69. The summed E-state index contributed by atoms with van der Waals surface area (Å²) in [5.41, 5.74) is 19.4.